The summed E-state index contributed by atoms with van der Waals surface area (Å²) in [5.74, 6) is -4.88. The predicted molar refractivity (Wildman–Crippen MR) is 135 cm³/mol. The lowest BCUT2D eigenvalue weighted by Gasteiger charge is -2.34. The summed E-state index contributed by atoms with van der Waals surface area (Å²) in [5.41, 5.74) is -6.96. The highest BCUT2D eigenvalue weighted by Gasteiger charge is 2.68. The fourth-order valence-corrected chi connectivity index (χ4v) is 6.02. The van der Waals surface area contributed by atoms with Crippen LogP contribution in [-0.2, 0) is 11.0 Å². The number of halogens is 9. The molecule has 0 spiro atoms. The maximum absolute atomic E-state index is 14.2. The van der Waals surface area contributed by atoms with Crippen molar-refractivity contribution in [2.24, 2.45) is 10.8 Å². The van der Waals surface area contributed by atoms with Crippen molar-refractivity contribution in [1.29, 1.82) is 0 Å². The first-order valence-electron chi connectivity index (χ1n) is 12.7. The van der Waals surface area contributed by atoms with Crippen LogP contribution < -0.4 is 5.32 Å². The number of rotatable bonds is 8. The van der Waals surface area contributed by atoms with Gasteiger partial charge in [0.2, 0.25) is 0 Å². The van der Waals surface area contributed by atoms with Crippen molar-refractivity contribution in [3.05, 3.63) is 51.0 Å². The average Bonchev–Trinajstić information content (AvgIpc) is 3.58. The zero-order valence-electron chi connectivity index (χ0n) is 21.8. The Hall–Kier alpha value is -2.87. The number of carboxylic acid groups (broad SMARTS) is 1. The van der Waals surface area contributed by atoms with Crippen molar-refractivity contribution >= 4 is 40.9 Å². The van der Waals surface area contributed by atoms with E-state index in [0.29, 0.717) is 10.9 Å². The molecule has 0 saturated heterocycles. The minimum atomic E-state index is -5.16. The lowest BCUT2D eigenvalue weighted by molar-refractivity contribution is -0.194. The Bertz CT molecular complexity index is 1410. The number of aliphatic carboxylic acids is 1. The van der Waals surface area contributed by atoms with E-state index in [-0.39, 0.29) is 30.7 Å². The highest BCUT2D eigenvalue weighted by atomic mass is 35.5. The van der Waals surface area contributed by atoms with E-state index in [1.165, 1.54) is 6.92 Å². The maximum atomic E-state index is 14.2. The molecule has 1 heterocycles. The number of aromatic nitrogens is 2. The van der Waals surface area contributed by atoms with Gasteiger partial charge in [-0.3, -0.25) is 19.1 Å². The first-order valence-corrected chi connectivity index (χ1v) is 13.5. The Morgan fingerprint density at radius 3 is 2.19 bits per heavy atom. The molecule has 7 nitrogen and oxygen atoms in total. The number of nitrogens with one attached hydrogen (secondary N) is 1. The quantitative estimate of drug-likeness (QED) is 0.179. The fourth-order valence-electron chi connectivity index (χ4n) is 5.44. The third kappa shape index (κ3) is 5.84. The number of carbonyl (C=O) groups is 3. The molecular weight excluding hydrogens is 622 g/mol. The van der Waals surface area contributed by atoms with Gasteiger partial charge in [0.1, 0.15) is 5.82 Å². The smallest absolute Gasteiger partial charge is 0.433 e. The zero-order chi connectivity index (χ0) is 31.4. The largest absolute Gasteiger partial charge is 0.481 e. The Labute approximate surface area is 244 Å². The molecular formula is C26H24Cl2F7N3O4. The monoisotopic (exact) mass is 645 g/mol. The topological polar surface area (TPSA) is 101 Å². The second kappa shape index (κ2) is 11.0. The highest BCUT2D eigenvalue weighted by Crippen LogP contribution is 2.60. The van der Waals surface area contributed by atoms with Gasteiger partial charge < -0.3 is 10.4 Å². The van der Waals surface area contributed by atoms with Crippen LogP contribution >= 0.6 is 23.2 Å². The van der Waals surface area contributed by atoms with Gasteiger partial charge in [0.25, 0.3) is 5.91 Å². The van der Waals surface area contributed by atoms with Crippen molar-refractivity contribution in [3.8, 4) is 0 Å². The molecule has 1 amide bonds. The molecule has 1 atom stereocenters. The number of ketones is 1. The minimum Gasteiger partial charge on any atom is -0.481 e. The van der Waals surface area contributed by atoms with E-state index in [9.17, 15) is 50.2 Å². The molecule has 0 aliphatic heterocycles. The highest BCUT2D eigenvalue weighted by molar-refractivity contribution is 6.39. The third-order valence-electron chi connectivity index (χ3n) is 8.27. The lowest BCUT2D eigenvalue weighted by atomic mass is 9.74. The van der Waals surface area contributed by atoms with E-state index in [1.54, 1.807) is 0 Å². The van der Waals surface area contributed by atoms with Crippen LogP contribution in [-0.4, -0.2) is 44.8 Å². The molecule has 2 aliphatic carbocycles. The number of alkyl halides is 6. The van der Waals surface area contributed by atoms with Crippen LogP contribution in [0.2, 0.25) is 10.0 Å². The molecule has 4 rings (SSSR count). The van der Waals surface area contributed by atoms with Gasteiger partial charge in [0.15, 0.2) is 11.5 Å². The van der Waals surface area contributed by atoms with E-state index < -0.39 is 99.8 Å². The second-order valence-corrected chi connectivity index (χ2v) is 11.8. The maximum Gasteiger partial charge on any atom is 0.433 e. The number of carbonyl (C=O) groups excluding carboxylic acids is 2. The lowest BCUT2D eigenvalue weighted by Crippen LogP contribution is -2.49. The fraction of sp³-hybridized carbons (Fsp3) is 0.538. The molecule has 1 unspecified atom stereocenters. The number of nitrogens with zero attached hydrogens (tertiary/aromatic N) is 2. The number of Topliss-reactive ketones (excluding diaryl/α,β-unsaturated/α-hetero) is 1. The van der Waals surface area contributed by atoms with Crippen LogP contribution in [0, 0.1) is 16.6 Å². The zero-order valence-corrected chi connectivity index (χ0v) is 23.3. The summed E-state index contributed by atoms with van der Waals surface area (Å²) in [6, 6.07) is -1.16. The van der Waals surface area contributed by atoms with E-state index in [2.05, 4.69) is 5.10 Å². The van der Waals surface area contributed by atoms with E-state index in [1.807, 2.05) is 5.32 Å². The first kappa shape index (κ1) is 32.1. The number of hydrogen-bond acceptors (Lipinski definition) is 4. The molecule has 42 heavy (non-hydrogen) atoms. The SMILES string of the molecule is C[C@]1(C(=O)O)CC[C@H](n2ncc(C(=O)NC(CC(=O)c3c(Cl)ccc(F)c3Cl)C3(C(F)(F)F)CC3)c2C(F)(F)F)CC1. The van der Waals surface area contributed by atoms with E-state index >= 15 is 0 Å². The minimum absolute atomic E-state index is 0.00190. The average molecular weight is 646 g/mol. The summed E-state index contributed by atoms with van der Waals surface area (Å²) in [6.45, 7) is 1.47. The summed E-state index contributed by atoms with van der Waals surface area (Å²) in [5, 5.41) is 14.0. The second-order valence-electron chi connectivity index (χ2n) is 11.0. The van der Waals surface area contributed by atoms with Crippen molar-refractivity contribution in [2.45, 2.75) is 76.3 Å². The summed E-state index contributed by atoms with van der Waals surface area (Å²) < 4.78 is 99.5. The van der Waals surface area contributed by atoms with Gasteiger partial charge in [-0.2, -0.15) is 31.4 Å². The van der Waals surface area contributed by atoms with Gasteiger partial charge in [0.05, 0.1) is 50.3 Å². The van der Waals surface area contributed by atoms with Crippen LogP contribution in [0.3, 0.4) is 0 Å². The normalized spacial score (nSPS) is 22.9. The van der Waals surface area contributed by atoms with E-state index in [4.69, 9.17) is 23.2 Å². The summed E-state index contributed by atoms with van der Waals surface area (Å²) in [4.78, 5) is 37.7. The van der Waals surface area contributed by atoms with Crippen molar-refractivity contribution in [3.63, 3.8) is 0 Å². The molecule has 230 valence electrons. The van der Waals surface area contributed by atoms with Gasteiger partial charge in [-0.15, -0.1) is 0 Å². The number of benzene rings is 1. The molecule has 16 heteroatoms. The summed E-state index contributed by atoms with van der Waals surface area (Å²) in [7, 11) is 0. The van der Waals surface area contributed by atoms with Gasteiger partial charge in [0, 0.05) is 6.42 Å². The van der Waals surface area contributed by atoms with Crippen LogP contribution in [0.15, 0.2) is 18.3 Å². The molecule has 0 radical (unpaired) electrons. The molecule has 0 bridgehead atoms. The molecule has 2 aromatic rings. The standard InChI is InChI=1S/C26H24Cl2F7N3O4/c1-23(22(41)42)6-4-12(5-7-23)38-20(25(30,31)32)13(11-36-38)21(40)37-17(24(8-9-24)26(33,34)35)10-16(39)18-14(27)2-3-15(29)19(18)28/h2-3,11-12,17H,4-10H2,1H3,(H,37,40)(H,41,42)/t12-,17?,23-. The van der Waals surface area contributed by atoms with Crippen LogP contribution in [0.4, 0.5) is 30.7 Å². The number of amides is 1. The molecule has 2 aliphatic rings. The predicted octanol–water partition coefficient (Wildman–Crippen LogP) is 7.27. The first-order chi connectivity index (χ1) is 19.3. The summed E-state index contributed by atoms with van der Waals surface area (Å²) in [6.07, 6.45) is -11.6. The Kier molecular flexibility index (Phi) is 8.39. The van der Waals surface area contributed by atoms with Gasteiger partial charge >= 0.3 is 18.3 Å². The van der Waals surface area contributed by atoms with Gasteiger partial charge in [-0.1, -0.05) is 23.2 Å². The molecule has 2 saturated carbocycles. The van der Waals surface area contributed by atoms with Gasteiger partial charge in [-0.05, 0) is 57.6 Å². The molecule has 1 aromatic carbocycles. The van der Waals surface area contributed by atoms with Crippen LogP contribution in [0.1, 0.15) is 84.3 Å². The van der Waals surface area contributed by atoms with Crippen molar-refractivity contribution in [2.75, 3.05) is 0 Å². The van der Waals surface area contributed by atoms with Crippen molar-refractivity contribution in [1.82, 2.24) is 15.1 Å². The molecule has 2 fully saturated rings. The Morgan fingerprint density at radius 2 is 1.69 bits per heavy atom. The van der Waals surface area contributed by atoms with Gasteiger partial charge in [-0.25, -0.2) is 4.39 Å². The van der Waals surface area contributed by atoms with E-state index in [0.717, 1.165) is 12.1 Å². The molecule has 2 N–H and O–H groups in total. The van der Waals surface area contributed by atoms with Crippen LogP contribution in [0.25, 0.3) is 0 Å². The Morgan fingerprint density at radius 1 is 1.10 bits per heavy atom. The molecule has 1 aromatic heterocycles. The Balaban J connectivity index is 1.66. The summed E-state index contributed by atoms with van der Waals surface area (Å²) >= 11 is 11.8. The van der Waals surface area contributed by atoms with Crippen molar-refractivity contribution < 1.29 is 50.2 Å². The number of hydrogen-bond donors (Lipinski definition) is 2. The third-order valence-corrected chi connectivity index (χ3v) is 8.95. The number of carboxylic acids is 1. The van der Waals surface area contributed by atoms with Crippen LogP contribution in [0.5, 0.6) is 0 Å².